The lowest BCUT2D eigenvalue weighted by Crippen LogP contribution is -2.30. The second kappa shape index (κ2) is 7.26. The van der Waals surface area contributed by atoms with Crippen molar-refractivity contribution < 1.29 is 14.3 Å². The van der Waals surface area contributed by atoms with E-state index >= 15 is 0 Å². The summed E-state index contributed by atoms with van der Waals surface area (Å²) in [5.74, 6) is 1.60. The second-order valence-electron chi connectivity index (χ2n) is 5.77. The highest BCUT2D eigenvalue weighted by Crippen LogP contribution is 2.39. The lowest BCUT2D eigenvalue weighted by molar-refractivity contribution is 0.0734. The summed E-state index contributed by atoms with van der Waals surface area (Å²) in [5.41, 5.74) is 1.69. The number of nitrogens with zero attached hydrogens (tertiary/aromatic N) is 1. The Labute approximate surface area is 150 Å². The minimum Gasteiger partial charge on any atom is -0.497 e. The molecule has 0 N–H and O–H groups in total. The summed E-state index contributed by atoms with van der Waals surface area (Å²) in [5, 5.41) is 0. The van der Waals surface area contributed by atoms with Gasteiger partial charge in [0.15, 0.2) is 0 Å². The van der Waals surface area contributed by atoms with Gasteiger partial charge in [0.1, 0.15) is 11.5 Å². The summed E-state index contributed by atoms with van der Waals surface area (Å²) in [6, 6.07) is 13.3. The number of halogens is 1. The van der Waals surface area contributed by atoms with E-state index in [2.05, 4.69) is 15.9 Å². The van der Waals surface area contributed by atoms with Gasteiger partial charge >= 0.3 is 0 Å². The van der Waals surface area contributed by atoms with E-state index in [9.17, 15) is 4.79 Å². The van der Waals surface area contributed by atoms with Crippen LogP contribution in [0.5, 0.6) is 11.5 Å². The smallest absolute Gasteiger partial charge is 0.254 e. The first-order valence-corrected chi connectivity index (χ1v) is 8.72. The molecule has 1 aliphatic heterocycles. The van der Waals surface area contributed by atoms with Gasteiger partial charge < -0.3 is 14.4 Å². The Kier molecular flexibility index (Phi) is 5.09. The zero-order valence-corrected chi connectivity index (χ0v) is 15.4. The Bertz CT molecular complexity index is 747. The van der Waals surface area contributed by atoms with Crippen molar-refractivity contribution in [3.8, 4) is 11.5 Å². The topological polar surface area (TPSA) is 38.8 Å². The number of hydrogen-bond donors (Lipinski definition) is 0. The first-order chi connectivity index (χ1) is 11.6. The van der Waals surface area contributed by atoms with Crippen LogP contribution in [-0.4, -0.2) is 31.6 Å². The van der Waals surface area contributed by atoms with Crippen molar-refractivity contribution in [2.45, 2.75) is 18.9 Å². The highest BCUT2D eigenvalue weighted by atomic mass is 79.9. The molecule has 0 saturated carbocycles. The summed E-state index contributed by atoms with van der Waals surface area (Å²) >= 11 is 3.43. The maximum Gasteiger partial charge on any atom is 0.254 e. The summed E-state index contributed by atoms with van der Waals surface area (Å²) in [6.07, 6.45) is 1.90. The summed E-state index contributed by atoms with van der Waals surface area (Å²) in [7, 11) is 3.30. The quantitative estimate of drug-likeness (QED) is 0.775. The van der Waals surface area contributed by atoms with Crippen molar-refractivity contribution in [1.29, 1.82) is 0 Å². The van der Waals surface area contributed by atoms with Crippen molar-refractivity contribution in [3.63, 3.8) is 0 Å². The molecular weight excluding hydrogens is 370 g/mol. The molecular formula is C19H20BrNO3. The van der Waals surface area contributed by atoms with Crippen molar-refractivity contribution >= 4 is 21.8 Å². The molecule has 24 heavy (non-hydrogen) atoms. The molecule has 1 atom stereocenters. The minimum absolute atomic E-state index is 0.00142. The van der Waals surface area contributed by atoms with Crippen LogP contribution in [0.15, 0.2) is 46.9 Å². The molecule has 0 aromatic heterocycles. The van der Waals surface area contributed by atoms with Crippen molar-refractivity contribution in [2.75, 3.05) is 20.8 Å². The SMILES string of the molecule is COc1ccc(OC)c([C@@H]2CCCN2C(=O)c2cccc(Br)c2)c1. The molecule has 5 heteroatoms. The van der Waals surface area contributed by atoms with Crippen LogP contribution in [0.4, 0.5) is 0 Å². The van der Waals surface area contributed by atoms with Crippen LogP contribution in [0.3, 0.4) is 0 Å². The van der Waals surface area contributed by atoms with Gasteiger partial charge in [-0.25, -0.2) is 0 Å². The number of methoxy groups -OCH3 is 2. The average Bonchev–Trinajstić information content (AvgIpc) is 3.10. The lowest BCUT2D eigenvalue weighted by Gasteiger charge is -2.27. The van der Waals surface area contributed by atoms with Gasteiger partial charge in [0.05, 0.1) is 20.3 Å². The molecule has 1 aliphatic rings. The number of rotatable bonds is 4. The predicted octanol–water partition coefficient (Wildman–Crippen LogP) is 4.44. The summed E-state index contributed by atoms with van der Waals surface area (Å²) < 4.78 is 11.8. The van der Waals surface area contributed by atoms with Crippen molar-refractivity contribution in [3.05, 3.63) is 58.1 Å². The molecule has 0 spiro atoms. The second-order valence-corrected chi connectivity index (χ2v) is 6.69. The van der Waals surface area contributed by atoms with Crippen molar-refractivity contribution in [1.82, 2.24) is 4.90 Å². The zero-order chi connectivity index (χ0) is 17.1. The van der Waals surface area contributed by atoms with E-state index in [1.807, 2.05) is 47.4 Å². The summed E-state index contributed by atoms with van der Waals surface area (Å²) in [4.78, 5) is 14.9. The Hall–Kier alpha value is -2.01. The molecule has 126 valence electrons. The minimum atomic E-state index is 0.00142. The van der Waals surface area contributed by atoms with E-state index in [0.29, 0.717) is 5.56 Å². The lowest BCUT2D eigenvalue weighted by atomic mass is 10.0. The monoisotopic (exact) mass is 389 g/mol. The van der Waals surface area contributed by atoms with E-state index < -0.39 is 0 Å². The molecule has 2 aromatic rings. The number of amides is 1. The van der Waals surface area contributed by atoms with E-state index in [1.165, 1.54) is 0 Å². The maximum absolute atomic E-state index is 13.0. The Balaban J connectivity index is 1.95. The Morgan fingerprint density at radius 3 is 2.71 bits per heavy atom. The van der Waals surface area contributed by atoms with Crippen LogP contribution in [-0.2, 0) is 0 Å². The molecule has 0 aliphatic carbocycles. The van der Waals surface area contributed by atoms with E-state index in [-0.39, 0.29) is 11.9 Å². The average molecular weight is 390 g/mol. The highest BCUT2D eigenvalue weighted by Gasteiger charge is 2.32. The van der Waals surface area contributed by atoms with Crippen LogP contribution in [0, 0.1) is 0 Å². The first kappa shape index (κ1) is 16.8. The largest absolute Gasteiger partial charge is 0.497 e. The van der Waals surface area contributed by atoms with Gasteiger partial charge in [-0.3, -0.25) is 4.79 Å². The third-order valence-electron chi connectivity index (χ3n) is 4.38. The molecule has 1 heterocycles. The molecule has 2 aromatic carbocycles. The number of ether oxygens (including phenoxy) is 2. The normalized spacial score (nSPS) is 17.0. The number of benzene rings is 2. The fraction of sp³-hybridized carbons (Fsp3) is 0.316. The van der Waals surface area contributed by atoms with Crippen LogP contribution < -0.4 is 9.47 Å². The Morgan fingerprint density at radius 2 is 2.00 bits per heavy atom. The van der Waals surface area contributed by atoms with Gasteiger partial charge in [-0.05, 0) is 49.2 Å². The summed E-state index contributed by atoms with van der Waals surface area (Å²) in [6.45, 7) is 0.746. The van der Waals surface area contributed by atoms with E-state index in [4.69, 9.17) is 9.47 Å². The molecule has 1 fully saturated rings. The third-order valence-corrected chi connectivity index (χ3v) is 4.87. The molecule has 0 radical (unpaired) electrons. The fourth-order valence-electron chi connectivity index (χ4n) is 3.22. The molecule has 3 rings (SSSR count). The van der Waals surface area contributed by atoms with Gasteiger partial charge in [-0.1, -0.05) is 22.0 Å². The molecule has 0 unspecified atom stereocenters. The molecule has 4 nitrogen and oxygen atoms in total. The van der Waals surface area contributed by atoms with Crippen LogP contribution >= 0.6 is 15.9 Å². The highest BCUT2D eigenvalue weighted by molar-refractivity contribution is 9.10. The van der Waals surface area contributed by atoms with Gasteiger partial charge in [-0.15, -0.1) is 0 Å². The van der Waals surface area contributed by atoms with Gasteiger partial charge in [0, 0.05) is 22.1 Å². The van der Waals surface area contributed by atoms with E-state index in [1.54, 1.807) is 14.2 Å². The predicted molar refractivity (Wildman–Crippen MR) is 96.7 cm³/mol. The standard InChI is InChI=1S/C19H20BrNO3/c1-23-15-8-9-18(24-2)16(12-15)17-7-4-10-21(17)19(22)13-5-3-6-14(20)11-13/h3,5-6,8-9,11-12,17H,4,7,10H2,1-2H3/t17-/m0/s1. The maximum atomic E-state index is 13.0. The number of likely N-dealkylation sites (tertiary alicyclic amines) is 1. The van der Waals surface area contributed by atoms with Crippen molar-refractivity contribution in [2.24, 2.45) is 0 Å². The van der Waals surface area contributed by atoms with Crippen LogP contribution in [0.1, 0.15) is 34.8 Å². The fourth-order valence-corrected chi connectivity index (χ4v) is 3.62. The molecule has 1 saturated heterocycles. The first-order valence-electron chi connectivity index (χ1n) is 7.92. The Morgan fingerprint density at radius 1 is 1.17 bits per heavy atom. The number of hydrogen-bond acceptors (Lipinski definition) is 3. The zero-order valence-electron chi connectivity index (χ0n) is 13.8. The van der Waals surface area contributed by atoms with E-state index in [0.717, 1.165) is 40.9 Å². The molecule has 0 bridgehead atoms. The van der Waals surface area contributed by atoms with Gasteiger partial charge in [-0.2, -0.15) is 0 Å². The number of carbonyl (C=O) groups is 1. The van der Waals surface area contributed by atoms with Crippen LogP contribution in [0.2, 0.25) is 0 Å². The van der Waals surface area contributed by atoms with Gasteiger partial charge in [0.2, 0.25) is 0 Å². The van der Waals surface area contributed by atoms with Gasteiger partial charge in [0.25, 0.3) is 5.91 Å². The van der Waals surface area contributed by atoms with Crippen LogP contribution in [0.25, 0.3) is 0 Å². The molecule has 1 amide bonds. The number of carbonyl (C=O) groups excluding carboxylic acids is 1. The third kappa shape index (κ3) is 3.26.